The van der Waals surface area contributed by atoms with Gasteiger partial charge < -0.3 is 4.42 Å². The zero-order valence-corrected chi connectivity index (χ0v) is 12.5. The summed E-state index contributed by atoms with van der Waals surface area (Å²) in [5, 5.41) is 0. The Morgan fingerprint density at radius 1 is 1.59 bits per heavy atom. The van der Waals surface area contributed by atoms with Gasteiger partial charge in [-0.05, 0) is 28.8 Å². The van der Waals surface area contributed by atoms with Gasteiger partial charge in [-0.1, -0.05) is 6.42 Å². The molecule has 1 fully saturated rings. The summed E-state index contributed by atoms with van der Waals surface area (Å²) >= 11 is 8.74. The molecule has 1 aromatic rings. The van der Waals surface area contributed by atoms with Crippen molar-refractivity contribution < 1.29 is 12.8 Å². The predicted octanol–water partition coefficient (Wildman–Crippen LogP) is 2.95. The highest BCUT2D eigenvalue weighted by atomic mass is 79.9. The van der Waals surface area contributed by atoms with Crippen molar-refractivity contribution in [1.29, 1.82) is 0 Å². The van der Waals surface area contributed by atoms with E-state index < -0.39 is 10.0 Å². The summed E-state index contributed by atoms with van der Waals surface area (Å²) in [6.45, 7) is 0. The molecule has 0 saturated heterocycles. The third-order valence-corrected chi connectivity index (χ3v) is 6.11. The summed E-state index contributed by atoms with van der Waals surface area (Å²) in [4.78, 5) is 0.155. The molecule has 2 rings (SSSR count). The van der Waals surface area contributed by atoms with Crippen LogP contribution in [-0.2, 0) is 15.9 Å². The molecule has 0 atom stereocenters. The molecule has 96 valence electrons. The lowest BCUT2D eigenvalue weighted by Crippen LogP contribution is -2.41. The van der Waals surface area contributed by atoms with Crippen LogP contribution in [0.25, 0.3) is 0 Å². The smallest absolute Gasteiger partial charge is 0.247 e. The van der Waals surface area contributed by atoms with Gasteiger partial charge in [0.15, 0.2) is 4.67 Å². The van der Waals surface area contributed by atoms with Crippen LogP contribution in [0.3, 0.4) is 0 Å². The molecular formula is C10H13BrClNO3S. The van der Waals surface area contributed by atoms with E-state index in [4.69, 9.17) is 16.0 Å². The van der Waals surface area contributed by atoms with Crippen LogP contribution in [0.5, 0.6) is 0 Å². The highest BCUT2D eigenvalue weighted by molar-refractivity contribution is 9.10. The van der Waals surface area contributed by atoms with Crippen molar-refractivity contribution in [3.05, 3.63) is 16.5 Å². The van der Waals surface area contributed by atoms with Crippen LogP contribution in [0.1, 0.15) is 25.0 Å². The van der Waals surface area contributed by atoms with Crippen LogP contribution in [0.4, 0.5) is 0 Å². The van der Waals surface area contributed by atoms with Gasteiger partial charge in [-0.3, -0.25) is 0 Å². The van der Waals surface area contributed by atoms with Gasteiger partial charge in [0.25, 0.3) is 0 Å². The van der Waals surface area contributed by atoms with E-state index in [0.29, 0.717) is 5.76 Å². The molecule has 0 unspecified atom stereocenters. The summed E-state index contributed by atoms with van der Waals surface area (Å²) in [5.74, 6) is 0.598. The molecule has 0 amide bonds. The molecule has 0 spiro atoms. The lowest BCUT2D eigenvalue weighted by Gasteiger charge is -2.33. The van der Waals surface area contributed by atoms with Gasteiger partial charge in [0, 0.05) is 19.2 Å². The minimum Gasteiger partial charge on any atom is -0.452 e. The van der Waals surface area contributed by atoms with E-state index in [9.17, 15) is 8.42 Å². The van der Waals surface area contributed by atoms with E-state index in [2.05, 4.69) is 15.9 Å². The van der Waals surface area contributed by atoms with Crippen molar-refractivity contribution in [3.8, 4) is 0 Å². The Bertz CT molecular complexity index is 510. The lowest BCUT2D eigenvalue weighted by atomic mass is 9.94. The monoisotopic (exact) mass is 341 g/mol. The van der Waals surface area contributed by atoms with Crippen LogP contribution in [0.15, 0.2) is 20.0 Å². The standard InChI is InChI=1S/C10H13BrClNO3S/c1-13(7-3-2-4-7)17(14,15)9-5-8(6-12)16-10(9)11/h5,7H,2-4,6H2,1H3. The normalized spacial score (nSPS) is 17.4. The topological polar surface area (TPSA) is 50.5 Å². The number of sulfonamides is 1. The fourth-order valence-electron chi connectivity index (χ4n) is 1.74. The van der Waals surface area contributed by atoms with Crippen LogP contribution in [0.2, 0.25) is 0 Å². The Labute approximate surface area is 114 Å². The third kappa shape index (κ3) is 2.41. The molecule has 1 aliphatic carbocycles. The zero-order chi connectivity index (χ0) is 12.6. The number of rotatable bonds is 4. The third-order valence-electron chi connectivity index (χ3n) is 3.08. The quantitative estimate of drug-likeness (QED) is 0.791. The second-order valence-corrected chi connectivity index (χ2v) is 7.04. The van der Waals surface area contributed by atoms with Crippen molar-refractivity contribution in [2.75, 3.05) is 7.05 Å². The number of hydrogen-bond donors (Lipinski definition) is 0. The molecule has 0 bridgehead atoms. The van der Waals surface area contributed by atoms with Gasteiger partial charge in [0.1, 0.15) is 10.7 Å². The number of hydrogen-bond acceptors (Lipinski definition) is 3. The van der Waals surface area contributed by atoms with Gasteiger partial charge in [0.2, 0.25) is 10.0 Å². The second-order valence-electron chi connectivity index (χ2n) is 4.09. The predicted molar refractivity (Wildman–Crippen MR) is 68.6 cm³/mol. The van der Waals surface area contributed by atoms with E-state index in [1.165, 1.54) is 10.4 Å². The van der Waals surface area contributed by atoms with Crippen molar-refractivity contribution in [2.24, 2.45) is 0 Å². The van der Waals surface area contributed by atoms with E-state index >= 15 is 0 Å². The molecule has 1 heterocycles. The van der Waals surface area contributed by atoms with Gasteiger partial charge in [0.05, 0.1) is 5.88 Å². The van der Waals surface area contributed by atoms with Gasteiger partial charge in [-0.25, -0.2) is 8.42 Å². The van der Waals surface area contributed by atoms with Crippen molar-refractivity contribution >= 4 is 37.6 Å². The summed E-state index contributed by atoms with van der Waals surface area (Å²) in [6.07, 6.45) is 2.94. The number of halogens is 2. The molecule has 0 aromatic carbocycles. The van der Waals surface area contributed by atoms with Crippen LogP contribution >= 0.6 is 27.5 Å². The Morgan fingerprint density at radius 3 is 2.65 bits per heavy atom. The van der Waals surface area contributed by atoms with E-state index in [0.717, 1.165) is 19.3 Å². The average Bonchev–Trinajstić information content (AvgIpc) is 2.57. The first-order valence-corrected chi connectivity index (χ1v) is 8.05. The van der Waals surface area contributed by atoms with Crippen LogP contribution < -0.4 is 0 Å². The first-order chi connectivity index (χ1) is 7.96. The van der Waals surface area contributed by atoms with Gasteiger partial charge in [-0.15, -0.1) is 11.6 Å². The van der Waals surface area contributed by atoms with Gasteiger partial charge >= 0.3 is 0 Å². The molecule has 1 aliphatic rings. The number of nitrogens with zero attached hydrogens (tertiary/aromatic N) is 1. The maximum absolute atomic E-state index is 12.3. The molecule has 0 N–H and O–H groups in total. The van der Waals surface area contributed by atoms with Crippen molar-refractivity contribution in [2.45, 2.75) is 36.1 Å². The summed E-state index contributed by atoms with van der Waals surface area (Å²) in [5.41, 5.74) is 0. The molecule has 0 aliphatic heterocycles. The Balaban J connectivity index is 2.33. The number of alkyl halides is 1. The fourth-order valence-corrected chi connectivity index (χ4v) is 4.25. The Morgan fingerprint density at radius 2 is 2.24 bits per heavy atom. The first-order valence-electron chi connectivity index (χ1n) is 5.29. The summed E-state index contributed by atoms with van der Waals surface area (Å²) in [6, 6.07) is 1.59. The zero-order valence-electron chi connectivity index (χ0n) is 9.32. The number of furan rings is 1. The van der Waals surface area contributed by atoms with E-state index in [1.54, 1.807) is 7.05 Å². The summed E-state index contributed by atoms with van der Waals surface area (Å²) in [7, 11) is -1.87. The molecule has 4 nitrogen and oxygen atoms in total. The minimum atomic E-state index is -3.48. The van der Waals surface area contributed by atoms with Crippen molar-refractivity contribution in [1.82, 2.24) is 4.31 Å². The second kappa shape index (κ2) is 4.91. The Hall–Kier alpha value is -0.0400. The van der Waals surface area contributed by atoms with Crippen LogP contribution in [-0.4, -0.2) is 25.8 Å². The fraction of sp³-hybridized carbons (Fsp3) is 0.600. The van der Waals surface area contributed by atoms with Crippen LogP contribution in [0, 0.1) is 0 Å². The molecule has 1 saturated carbocycles. The molecule has 1 aromatic heterocycles. The molecule has 0 radical (unpaired) electrons. The molecule has 7 heteroatoms. The van der Waals surface area contributed by atoms with Gasteiger partial charge in [-0.2, -0.15) is 4.31 Å². The average molecular weight is 343 g/mol. The molecular weight excluding hydrogens is 330 g/mol. The Kier molecular flexibility index (Phi) is 3.87. The summed E-state index contributed by atoms with van der Waals surface area (Å²) < 4.78 is 31.5. The van der Waals surface area contributed by atoms with E-state index in [-0.39, 0.29) is 21.5 Å². The molecule has 17 heavy (non-hydrogen) atoms. The lowest BCUT2D eigenvalue weighted by molar-refractivity contribution is 0.249. The minimum absolute atomic E-state index is 0.112. The highest BCUT2D eigenvalue weighted by Crippen LogP contribution is 2.33. The highest BCUT2D eigenvalue weighted by Gasteiger charge is 2.34. The van der Waals surface area contributed by atoms with Crippen molar-refractivity contribution in [3.63, 3.8) is 0 Å². The first kappa shape index (κ1) is 13.4. The maximum atomic E-state index is 12.3. The van der Waals surface area contributed by atoms with E-state index in [1.807, 2.05) is 0 Å². The largest absolute Gasteiger partial charge is 0.452 e. The SMILES string of the molecule is CN(C1CCC1)S(=O)(=O)c1cc(CCl)oc1Br. The maximum Gasteiger partial charge on any atom is 0.247 e.